The van der Waals surface area contributed by atoms with Crippen LogP contribution in [-0.4, -0.2) is 29.1 Å². The number of carbonyl (C=O) groups excluding carboxylic acids is 2. The lowest BCUT2D eigenvalue weighted by Crippen LogP contribution is -2.45. The van der Waals surface area contributed by atoms with Gasteiger partial charge in [-0.2, -0.15) is 0 Å². The van der Waals surface area contributed by atoms with Gasteiger partial charge < -0.3 is 20.1 Å². The standard InChI is InChI=1S/C35H33BN2O5/c1-20(2)27-18-29-32(35(41)38(34(29)40)23-14-12-22(13-15-23)37-21-8-4-3-5-9-21)28-19-31(43-36(42)33(27)28)26-16-17-30(39)25-11-7-6-10-24(25)26/h3-17,20,28-29,31-32,37,39,42H,18-19H2,1-2H3/t28-,29-,31-,32+/m0/s1. The molecule has 2 saturated heterocycles. The first kappa shape index (κ1) is 27.4. The molecule has 2 heterocycles. The number of carbonyl (C=O) groups is 2. The third-order valence-electron chi connectivity index (χ3n) is 9.31. The topological polar surface area (TPSA) is 99.1 Å². The van der Waals surface area contributed by atoms with E-state index in [1.54, 1.807) is 18.2 Å². The second-order valence-corrected chi connectivity index (χ2v) is 12.1. The number of rotatable bonds is 5. The summed E-state index contributed by atoms with van der Waals surface area (Å²) in [6.07, 6.45) is 0.364. The van der Waals surface area contributed by atoms with Gasteiger partial charge in [-0.1, -0.05) is 68.0 Å². The van der Waals surface area contributed by atoms with Crippen molar-refractivity contribution in [3.8, 4) is 5.75 Å². The molecule has 8 heteroatoms. The van der Waals surface area contributed by atoms with Gasteiger partial charge in [0.05, 0.1) is 23.6 Å². The number of phenolic OH excluding ortho intramolecular Hbond substituents is 1. The Morgan fingerprint density at radius 2 is 1.51 bits per heavy atom. The zero-order valence-corrected chi connectivity index (χ0v) is 24.1. The monoisotopic (exact) mass is 572 g/mol. The molecule has 216 valence electrons. The first-order chi connectivity index (χ1) is 20.8. The van der Waals surface area contributed by atoms with E-state index < -0.39 is 25.1 Å². The Kier molecular flexibility index (Phi) is 6.83. The SMILES string of the molecule is CC(C)C1=C2B(O)O[C@H](c3ccc(O)c4ccccc34)C[C@H]2[C@H]2C(=O)N(c3ccc(Nc4ccccc4)cc3)C(=O)[C@H]2C1. The molecule has 4 atom stereocenters. The van der Waals surface area contributed by atoms with Gasteiger partial charge in [-0.25, -0.2) is 0 Å². The number of imide groups is 1. The van der Waals surface area contributed by atoms with Crippen LogP contribution in [0.2, 0.25) is 0 Å². The quantitative estimate of drug-likeness (QED) is 0.185. The molecule has 3 N–H and O–H groups in total. The number of aromatic hydroxyl groups is 1. The van der Waals surface area contributed by atoms with Crippen LogP contribution in [0.4, 0.5) is 17.1 Å². The Balaban J connectivity index is 1.23. The first-order valence-corrected chi connectivity index (χ1v) is 14.9. The Hall–Kier alpha value is -4.40. The maximum absolute atomic E-state index is 14.2. The van der Waals surface area contributed by atoms with E-state index in [1.165, 1.54) is 4.90 Å². The number of allylic oxidation sites excluding steroid dienone is 2. The third kappa shape index (κ3) is 4.62. The predicted molar refractivity (Wildman–Crippen MR) is 168 cm³/mol. The molecule has 7 rings (SSSR count). The lowest BCUT2D eigenvalue weighted by molar-refractivity contribution is -0.123. The maximum atomic E-state index is 14.2. The van der Waals surface area contributed by atoms with Crippen LogP contribution in [0.25, 0.3) is 10.8 Å². The van der Waals surface area contributed by atoms with Crippen molar-refractivity contribution in [2.75, 3.05) is 10.2 Å². The lowest BCUT2D eigenvalue weighted by Gasteiger charge is -2.43. The number of nitrogens with zero attached hydrogens (tertiary/aromatic N) is 1. The highest BCUT2D eigenvalue weighted by molar-refractivity contribution is 6.53. The van der Waals surface area contributed by atoms with Crippen molar-refractivity contribution < 1.29 is 24.4 Å². The average molecular weight is 572 g/mol. The summed E-state index contributed by atoms with van der Waals surface area (Å²) in [6.45, 7) is 4.12. The van der Waals surface area contributed by atoms with Gasteiger partial charge in [-0.05, 0) is 83.6 Å². The molecular weight excluding hydrogens is 539 g/mol. The zero-order chi connectivity index (χ0) is 29.8. The summed E-state index contributed by atoms with van der Waals surface area (Å²) >= 11 is 0. The molecule has 7 nitrogen and oxygen atoms in total. The summed E-state index contributed by atoms with van der Waals surface area (Å²) in [5, 5.41) is 26.8. The number of hydrogen-bond donors (Lipinski definition) is 3. The summed E-state index contributed by atoms with van der Waals surface area (Å²) in [5.41, 5.74) is 4.94. The largest absolute Gasteiger partial charge is 0.507 e. The fourth-order valence-electron chi connectivity index (χ4n) is 7.33. The van der Waals surface area contributed by atoms with Crippen LogP contribution in [0.1, 0.15) is 38.4 Å². The second kappa shape index (κ2) is 10.7. The molecule has 4 aromatic carbocycles. The summed E-state index contributed by atoms with van der Waals surface area (Å²) in [5.74, 6) is -1.59. The molecule has 4 aromatic rings. The van der Waals surface area contributed by atoms with Gasteiger partial charge in [0, 0.05) is 16.8 Å². The summed E-state index contributed by atoms with van der Waals surface area (Å²) in [6, 6.07) is 28.2. The van der Waals surface area contributed by atoms with Gasteiger partial charge in [-0.3, -0.25) is 14.5 Å². The van der Waals surface area contributed by atoms with Crippen LogP contribution in [0, 0.1) is 23.7 Å². The molecule has 0 aromatic heterocycles. The highest BCUT2D eigenvalue weighted by Gasteiger charge is 2.58. The molecule has 0 unspecified atom stereocenters. The van der Waals surface area contributed by atoms with Gasteiger partial charge >= 0.3 is 7.12 Å². The van der Waals surface area contributed by atoms with E-state index in [2.05, 4.69) is 19.2 Å². The molecule has 2 fully saturated rings. The van der Waals surface area contributed by atoms with Crippen LogP contribution >= 0.6 is 0 Å². The predicted octanol–water partition coefficient (Wildman–Crippen LogP) is 6.55. The summed E-state index contributed by atoms with van der Waals surface area (Å²) < 4.78 is 6.25. The average Bonchev–Trinajstić information content (AvgIpc) is 3.27. The molecule has 0 bridgehead atoms. The van der Waals surface area contributed by atoms with Crippen molar-refractivity contribution in [2.45, 2.75) is 32.8 Å². The molecule has 2 amide bonds. The van der Waals surface area contributed by atoms with Crippen molar-refractivity contribution in [1.82, 2.24) is 0 Å². The highest BCUT2D eigenvalue weighted by Crippen LogP contribution is 2.53. The molecule has 0 saturated carbocycles. The molecular formula is C35H33BN2O5. The van der Waals surface area contributed by atoms with Gasteiger partial charge in [0.15, 0.2) is 0 Å². The first-order valence-electron chi connectivity index (χ1n) is 14.9. The van der Waals surface area contributed by atoms with E-state index in [9.17, 15) is 19.7 Å². The number of para-hydroxylation sites is 1. The minimum atomic E-state index is -1.19. The number of anilines is 3. The lowest BCUT2D eigenvalue weighted by atomic mass is 9.54. The van der Waals surface area contributed by atoms with Crippen LogP contribution in [0.3, 0.4) is 0 Å². The van der Waals surface area contributed by atoms with E-state index in [0.717, 1.165) is 33.4 Å². The van der Waals surface area contributed by atoms with Crippen molar-refractivity contribution in [2.24, 2.45) is 23.7 Å². The molecule has 2 aliphatic heterocycles. The van der Waals surface area contributed by atoms with Crippen LogP contribution < -0.4 is 10.2 Å². The van der Waals surface area contributed by atoms with Crippen molar-refractivity contribution in [3.63, 3.8) is 0 Å². The Bertz CT molecular complexity index is 1750. The Morgan fingerprint density at radius 1 is 0.837 bits per heavy atom. The van der Waals surface area contributed by atoms with Crippen molar-refractivity contribution in [1.29, 1.82) is 0 Å². The van der Waals surface area contributed by atoms with E-state index in [1.807, 2.05) is 72.8 Å². The van der Waals surface area contributed by atoms with Crippen LogP contribution in [0.5, 0.6) is 5.75 Å². The molecule has 0 radical (unpaired) electrons. The second-order valence-electron chi connectivity index (χ2n) is 12.1. The molecule has 0 spiro atoms. The van der Waals surface area contributed by atoms with Crippen LogP contribution in [0.15, 0.2) is 102 Å². The van der Waals surface area contributed by atoms with E-state index in [-0.39, 0.29) is 29.4 Å². The van der Waals surface area contributed by atoms with Gasteiger partial charge in [0.25, 0.3) is 0 Å². The number of fused-ring (bicyclic) bond motifs is 4. The summed E-state index contributed by atoms with van der Waals surface area (Å²) in [4.78, 5) is 29.5. The van der Waals surface area contributed by atoms with Gasteiger partial charge in [0.2, 0.25) is 11.8 Å². The Morgan fingerprint density at radius 3 is 2.23 bits per heavy atom. The molecule has 43 heavy (non-hydrogen) atoms. The van der Waals surface area contributed by atoms with Crippen LogP contribution in [-0.2, 0) is 14.2 Å². The third-order valence-corrected chi connectivity index (χ3v) is 9.31. The highest BCUT2D eigenvalue weighted by atomic mass is 16.5. The number of nitrogens with one attached hydrogen (secondary N) is 1. The fourth-order valence-corrected chi connectivity index (χ4v) is 7.33. The normalized spacial score (nSPS) is 23.6. The van der Waals surface area contributed by atoms with Crippen molar-refractivity contribution >= 4 is 46.8 Å². The zero-order valence-electron chi connectivity index (χ0n) is 24.1. The number of hydrogen-bond acceptors (Lipinski definition) is 6. The molecule has 1 aliphatic carbocycles. The smallest absolute Gasteiger partial charge is 0.487 e. The minimum Gasteiger partial charge on any atom is -0.507 e. The number of benzene rings is 4. The van der Waals surface area contributed by atoms with E-state index in [4.69, 9.17) is 4.65 Å². The number of amides is 2. The van der Waals surface area contributed by atoms with E-state index >= 15 is 0 Å². The van der Waals surface area contributed by atoms with Gasteiger partial charge in [-0.15, -0.1) is 0 Å². The minimum absolute atomic E-state index is 0.0862. The van der Waals surface area contributed by atoms with Crippen molar-refractivity contribution in [3.05, 3.63) is 108 Å². The number of phenols is 1. The maximum Gasteiger partial charge on any atom is 0.487 e. The van der Waals surface area contributed by atoms with Gasteiger partial charge in [0.1, 0.15) is 5.75 Å². The molecule has 3 aliphatic rings. The Labute approximate surface area is 250 Å². The summed E-state index contributed by atoms with van der Waals surface area (Å²) in [7, 11) is -1.19. The van der Waals surface area contributed by atoms with E-state index in [0.29, 0.717) is 23.9 Å². The fraction of sp³-hybridized carbons (Fsp3) is 0.257.